The molecule has 0 radical (unpaired) electrons. The highest BCUT2D eigenvalue weighted by Crippen LogP contribution is 2.36. The van der Waals surface area contributed by atoms with Gasteiger partial charge in [-0.1, -0.05) is 0 Å². The van der Waals surface area contributed by atoms with Crippen LogP contribution in [0.25, 0.3) is 21.8 Å². The van der Waals surface area contributed by atoms with Crippen LogP contribution < -0.4 is 14.2 Å². The van der Waals surface area contributed by atoms with Gasteiger partial charge in [0, 0.05) is 16.5 Å². The number of nitrogens with zero attached hydrogens (tertiary/aromatic N) is 1. The summed E-state index contributed by atoms with van der Waals surface area (Å²) in [7, 11) is 3.31. The van der Waals surface area contributed by atoms with Gasteiger partial charge in [0.05, 0.1) is 26.5 Å². The second-order valence-corrected chi connectivity index (χ2v) is 5.92. The van der Waals surface area contributed by atoms with Crippen LogP contribution in [0.5, 0.6) is 17.2 Å². The molecule has 4 nitrogen and oxygen atoms in total. The molecular formula is C19H19NO3S. The molecule has 1 aromatic heterocycles. The van der Waals surface area contributed by atoms with Gasteiger partial charge in [-0.25, -0.2) is 4.98 Å². The molecule has 0 aliphatic heterocycles. The number of thiazole rings is 1. The van der Waals surface area contributed by atoms with Crippen LogP contribution in [0.1, 0.15) is 6.92 Å². The van der Waals surface area contributed by atoms with Crippen molar-refractivity contribution in [3.8, 4) is 39.1 Å². The zero-order valence-corrected chi connectivity index (χ0v) is 14.7. The zero-order valence-electron chi connectivity index (χ0n) is 13.9. The first-order valence-corrected chi connectivity index (χ1v) is 8.54. The van der Waals surface area contributed by atoms with Crippen molar-refractivity contribution >= 4 is 11.3 Å². The minimum absolute atomic E-state index is 0.663. The number of aromatic nitrogens is 1. The Balaban J connectivity index is 1.93. The van der Waals surface area contributed by atoms with E-state index in [1.54, 1.807) is 25.6 Å². The summed E-state index contributed by atoms with van der Waals surface area (Å²) in [5, 5.41) is 2.99. The van der Waals surface area contributed by atoms with E-state index in [0.29, 0.717) is 6.61 Å². The molecule has 1 heterocycles. The maximum absolute atomic E-state index is 5.48. The van der Waals surface area contributed by atoms with E-state index in [2.05, 4.69) is 0 Å². The fourth-order valence-corrected chi connectivity index (χ4v) is 3.23. The Kier molecular flexibility index (Phi) is 5.01. The zero-order chi connectivity index (χ0) is 16.9. The molecule has 0 amide bonds. The van der Waals surface area contributed by atoms with Gasteiger partial charge < -0.3 is 14.2 Å². The second-order valence-electron chi connectivity index (χ2n) is 5.06. The lowest BCUT2D eigenvalue weighted by molar-refractivity contribution is 0.340. The van der Waals surface area contributed by atoms with Gasteiger partial charge in [0.1, 0.15) is 22.3 Å². The SMILES string of the molecule is CCOc1ccc(-c2nc(-c3cc(OC)ccc3OC)cs2)cc1. The molecule has 0 N–H and O–H groups in total. The van der Waals surface area contributed by atoms with E-state index < -0.39 is 0 Å². The van der Waals surface area contributed by atoms with E-state index >= 15 is 0 Å². The molecule has 0 aliphatic rings. The van der Waals surface area contributed by atoms with Crippen molar-refractivity contribution in [1.29, 1.82) is 0 Å². The third-order valence-electron chi connectivity index (χ3n) is 3.60. The van der Waals surface area contributed by atoms with Crippen LogP contribution in [0.2, 0.25) is 0 Å². The van der Waals surface area contributed by atoms with Crippen molar-refractivity contribution in [1.82, 2.24) is 4.98 Å². The third kappa shape index (κ3) is 3.36. The lowest BCUT2D eigenvalue weighted by Gasteiger charge is -2.08. The molecule has 3 aromatic rings. The smallest absolute Gasteiger partial charge is 0.128 e. The Bertz CT molecular complexity index is 812. The Labute approximate surface area is 145 Å². The largest absolute Gasteiger partial charge is 0.497 e. The van der Waals surface area contributed by atoms with Crippen molar-refractivity contribution in [2.45, 2.75) is 6.92 Å². The van der Waals surface area contributed by atoms with Crippen molar-refractivity contribution in [3.05, 3.63) is 47.8 Å². The summed E-state index contributed by atoms with van der Waals surface area (Å²) in [5.74, 6) is 2.42. The van der Waals surface area contributed by atoms with E-state index in [1.807, 2.05) is 54.8 Å². The molecule has 124 valence electrons. The fourth-order valence-electron chi connectivity index (χ4n) is 2.40. The summed E-state index contributed by atoms with van der Waals surface area (Å²) in [6.45, 7) is 2.64. The molecule has 0 bridgehead atoms. The van der Waals surface area contributed by atoms with Crippen LogP contribution in [0, 0.1) is 0 Å². The molecule has 24 heavy (non-hydrogen) atoms. The maximum Gasteiger partial charge on any atom is 0.128 e. The standard InChI is InChI=1S/C19H19NO3S/c1-4-23-14-7-5-13(6-8-14)19-20-17(12-24-19)16-11-15(21-2)9-10-18(16)22-3/h5-12H,4H2,1-3H3. The Morgan fingerprint density at radius 2 is 1.71 bits per heavy atom. The van der Waals surface area contributed by atoms with Gasteiger partial charge in [0.2, 0.25) is 0 Å². The number of rotatable bonds is 6. The van der Waals surface area contributed by atoms with Gasteiger partial charge in [-0.15, -0.1) is 11.3 Å². The quantitative estimate of drug-likeness (QED) is 0.640. The van der Waals surface area contributed by atoms with E-state index in [9.17, 15) is 0 Å². The maximum atomic E-state index is 5.48. The van der Waals surface area contributed by atoms with Gasteiger partial charge >= 0.3 is 0 Å². The molecule has 0 saturated carbocycles. The predicted octanol–water partition coefficient (Wildman–Crippen LogP) is 4.89. The normalized spacial score (nSPS) is 10.5. The molecule has 0 saturated heterocycles. The lowest BCUT2D eigenvalue weighted by Crippen LogP contribution is -1.91. The minimum Gasteiger partial charge on any atom is -0.497 e. The number of benzene rings is 2. The molecule has 0 fully saturated rings. The molecule has 5 heteroatoms. The predicted molar refractivity (Wildman–Crippen MR) is 97.3 cm³/mol. The van der Waals surface area contributed by atoms with Gasteiger partial charge in [0.15, 0.2) is 0 Å². The van der Waals surface area contributed by atoms with Gasteiger partial charge in [-0.2, -0.15) is 0 Å². The molecule has 0 spiro atoms. The highest BCUT2D eigenvalue weighted by molar-refractivity contribution is 7.13. The van der Waals surface area contributed by atoms with Crippen molar-refractivity contribution < 1.29 is 14.2 Å². The highest BCUT2D eigenvalue weighted by atomic mass is 32.1. The van der Waals surface area contributed by atoms with Gasteiger partial charge in [0.25, 0.3) is 0 Å². The van der Waals surface area contributed by atoms with Crippen LogP contribution in [0.15, 0.2) is 47.8 Å². The van der Waals surface area contributed by atoms with Crippen molar-refractivity contribution in [2.24, 2.45) is 0 Å². The van der Waals surface area contributed by atoms with E-state index in [-0.39, 0.29) is 0 Å². The molecule has 2 aromatic carbocycles. The van der Waals surface area contributed by atoms with Crippen LogP contribution >= 0.6 is 11.3 Å². The number of hydrogen-bond acceptors (Lipinski definition) is 5. The average molecular weight is 341 g/mol. The Morgan fingerprint density at radius 3 is 2.38 bits per heavy atom. The van der Waals surface area contributed by atoms with Crippen LogP contribution in [-0.2, 0) is 0 Å². The first-order valence-electron chi connectivity index (χ1n) is 7.66. The summed E-state index contributed by atoms with van der Waals surface area (Å²) in [5.41, 5.74) is 2.86. The highest BCUT2D eigenvalue weighted by Gasteiger charge is 2.12. The molecule has 0 unspecified atom stereocenters. The van der Waals surface area contributed by atoms with E-state index in [4.69, 9.17) is 19.2 Å². The third-order valence-corrected chi connectivity index (χ3v) is 4.49. The van der Waals surface area contributed by atoms with Crippen LogP contribution in [0.3, 0.4) is 0 Å². The molecule has 3 rings (SSSR count). The van der Waals surface area contributed by atoms with Gasteiger partial charge in [-0.05, 0) is 49.4 Å². The van der Waals surface area contributed by atoms with E-state index in [1.165, 1.54) is 0 Å². The number of methoxy groups -OCH3 is 2. The van der Waals surface area contributed by atoms with Crippen LogP contribution in [0.4, 0.5) is 0 Å². The fraction of sp³-hybridized carbons (Fsp3) is 0.211. The molecule has 0 atom stereocenters. The summed E-state index contributed by atoms with van der Waals surface area (Å²) in [6.07, 6.45) is 0. The average Bonchev–Trinajstić information content (AvgIpc) is 3.12. The molecular weight excluding hydrogens is 322 g/mol. The van der Waals surface area contributed by atoms with E-state index in [0.717, 1.165) is 39.1 Å². The minimum atomic E-state index is 0.663. The summed E-state index contributed by atoms with van der Waals surface area (Å²) in [6, 6.07) is 13.7. The topological polar surface area (TPSA) is 40.6 Å². The first-order chi connectivity index (χ1) is 11.7. The number of hydrogen-bond donors (Lipinski definition) is 0. The van der Waals surface area contributed by atoms with Crippen molar-refractivity contribution in [3.63, 3.8) is 0 Å². The Morgan fingerprint density at radius 1 is 0.958 bits per heavy atom. The van der Waals surface area contributed by atoms with Crippen LogP contribution in [-0.4, -0.2) is 25.8 Å². The summed E-state index contributed by atoms with van der Waals surface area (Å²) < 4.78 is 16.2. The number of ether oxygens (including phenoxy) is 3. The summed E-state index contributed by atoms with van der Waals surface area (Å²) in [4.78, 5) is 4.75. The molecule has 0 aliphatic carbocycles. The van der Waals surface area contributed by atoms with Crippen molar-refractivity contribution in [2.75, 3.05) is 20.8 Å². The summed E-state index contributed by atoms with van der Waals surface area (Å²) >= 11 is 1.60. The first kappa shape index (κ1) is 16.3. The Hall–Kier alpha value is -2.53. The second kappa shape index (κ2) is 7.36. The lowest BCUT2D eigenvalue weighted by atomic mass is 10.1. The van der Waals surface area contributed by atoms with Gasteiger partial charge in [-0.3, -0.25) is 0 Å². The monoisotopic (exact) mass is 341 g/mol.